The summed E-state index contributed by atoms with van der Waals surface area (Å²) < 4.78 is 11.1. The largest absolute Gasteiger partial charge is 0.477 e. The van der Waals surface area contributed by atoms with Crippen LogP contribution in [-0.4, -0.2) is 65.2 Å². The molecule has 0 unspecified atom stereocenters. The van der Waals surface area contributed by atoms with Gasteiger partial charge in [0.1, 0.15) is 5.60 Å². The summed E-state index contributed by atoms with van der Waals surface area (Å²) in [5.41, 5.74) is 6.68. The lowest BCUT2D eigenvalue weighted by Gasteiger charge is -2.36. The number of nitrogens with zero attached hydrogens (tertiary/aromatic N) is 4. The van der Waals surface area contributed by atoms with Crippen molar-refractivity contribution in [3.63, 3.8) is 0 Å². The molecule has 0 radical (unpaired) electrons. The number of ether oxygens (including phenoxy) is 2. The number of nitrogens with two attached hydrogens (primary N) is 1. The van der Waals surface area contributed by atoms with Crippen LogP contribution in [-0.2, 0) is 11.3 Å². The number of piperazine rings is 1. The van der Waals surface area contributed by atoms with Crippen LogP contribution in [0.5, 0.6) is 5.88 Å². The minimum Gasteiger partial charge on any atom is -0.477 e. The predicted molar refractivity (Wildman–Crippen MR) is 107 cm³/mol. The fourth-order valence-electron chi connectivity index (χ4n) is 2.83. The molecule has 8 nitrogen and oxygen atoms in total. The third kappa shape index (κ3) is 6.28. The van der Waals surface area contributed by atoms with E-state index in [0.717, 1.165) is 12.2 Å². The smallest absolute Gasteiger partial charge is 0.410 e. The highest BCUT2D eigenvalue weighted by molar-refractivity contribution is 5.78. The zero-order valence-corrected chi connectivity index (χ0v) is 17.1. The molecule has 0 bridgehead atoms. The van der Waals surface area contributed by atoms with Gasteiger partial charge in [-0.05, 0) is 51.2 Å². The van der Waals surface area contributed by atoms with Gasteiger partial charge in [0.05, 0.1) is 13.2 Å². The van der Waals surface area contributed by atoms with Gasteiger partial charge in [0.2, 0.25) is 5.88 Å². The van der Waals surface area contributed by atoms with Gasteiger partial charge in [-0.2, -0.15) is 0 Å². The average Bonchev–Trinajstić information content (AvgIpc) is 3.48. The van der Waals surface area contributed by atoms with E-state index < -0.39 is 5.60 Å². The van der Waals surface area contributed by atoms with Crippen LogP contribution in [0.3, 0.4) is 0 Å². The van der Waals surface area contributed by atoms with Crippen molar-refractivity contribution < 1.29 is 14.3 Å². The standard InChI is InChI=1S/C20H31N5O3/c1-20(2,3)28-19(26)25-10-8-24(9-11-25)18(21)23-13-16-6-7-22-17(12-16)27-14-15-4-5-15/h6-7,12,15H,4-5,8-11,13-14H2,1-3H3,(H2,21,23). The molecule has 28 heavy (non-hydrogen) atoms. The van der Waals surface area contributed by atoms with Gasteiger partial charge in [-0.3, -0.25) is 0 Å². The van der Waals surface area contributed by atoms with Gasteiger partial charge in [0.25, 0.3) is 0 Å². The molecule has 1 aromatic heterocycles. The second-order valence-corrected chi connectivity index (χ2v) is 8.39. The van der Waals surface area contributed by atoms with E-state index in [-0.39, 0.29) is 6.09 Å². The van der Waals surface area contributed by atoms with Crippen LogP contribution in [0, 0.1) is 5.92 Å². The number of pyridine rings is 1. The molecule has 1 saturated carbocycles. The Kier molecular flexibility index (Phi) is 6.26. The first kappa shape index (κ1) is 20.2. The molecule has 1 saturated heterocycles. The molecule has 1 aromatic rings. The van der Waals surface area contributed by atoms with E-state index in [0.29, 0.717) is 50.5 Å². The van der Waals surface area contributed by atoms with Gasteiger partial charge >= 0.3 is 6.09 Å². The zero-order valence-electron chi connectivity index (χ0n) is 17.1. The van der Waals surface area contributed by atoms with Crippen molar-refractivity contribution in [3.05, 3.63) is 23.9 Å². The molecule has 1 aliphatic heterocycles. The average molecular weight is 390 g/mol. The quantitative estimate of drug-likeness (QED) is 0.613. The minimum absolute atomic E-state index is 0.279. The number of guanidine groups is 1. The Morgan fingerprint density at radius 2 is 1.93 bits per heavy atom. The molecule has 1 amide bonds. The van der Waals surface area contributed by atoms with Gasteiger partial charge in [-0.25, -0.2) is 14.8 Å². The molecule has 2 N–H and O–H groups in total. The van der Waals surface area contributed by atoms with E-state index in [1.807, 2.05) is 37.8 Å². The van der Waals surface area contributed by atoms with E-state index in [2.05, 4.69) is 9.98 Å². The van der Waals surface area contributed by atoms with Crippen molar-refractivity contribution in [2.45, 2.75) is 45.8 Å². The van der Waals surface area contributed by atoms with Crippen LogP contribution in [0.4, 0.5) is 4.79 Å². The lowest BCUT2D eigenvalue weighted by molar-refractivity contribution is 0.0186. The number of carbonyl (C=O) groups excluding carboxylic acids is 1. The van der Waals surface area contributed by atoms with Crippen molar-refractivity contribution in [2.24, 2.45) is 16.6 Å². The first-order valence-corrected chi connectivity index (χ1v) is 9.91. The van der Waals surface area contributed by atoms with E-state index in [1.54, 1.807) is 11.1 Å². The molecule has 2 aliphatic rings. The zero-order chi connectivity index (χ0) is 20.1. The maximum absolute atomic E-state index is 12.1. The predicted octanol–water partition coefficient (Wildman–Crippen LogP) is 2.24. The number of aromatic nitrogens is 1. The van der Waals surface area contributed by atoms with Crippen molar-refractivity contribution in [1.29, 1.82) is 0 Å². The Morgan fingerprint density at radius 1 is 1.25 bits per heavy atom. The molecular weight excluding hydrogens is 358 g/mol. The fraction of sp³-hybridized carbons (Fsp3) is 0.650. The number of hydrogen-bond acceptors (Lipinski definition) is 5. The summed E-state index contributed by atoms with van der Waals surface area (Å²) in [5.74, 6) is 1.82. The van der Waals surface area contributed by atoms with E-state index in [9.17, 15) is 4.79 Å². The molecule has 3 rings (SSSR count). The highest BCUT2D eigenvalue weighted by atomic mass is 16.6. The highest BCUT2D eigenvalue weighted by Crippen LogP contribution is 2.29. The number of hydrogen-bond donors (Lipinski definition) is 1. The van der Waals surface area contributed by atoms with Gasteiger partial charge in [0, 0.05) is 38.4 Å². The molecular formula is C20H31N5O3. The molecule has 2 heterocycles. The Balaban J connectivity index is 1.46. The van der Waals surface area contributed by atoms with E-state index in [4.69, 9.17) is 15.2 Å². The third-order valence-electron chi connectivity index (χ3n) is 4.64. The van der Waals surface area contributed by atoms with Crippen molar-refractivity contribution in [3.8, 4) is 5.88 Å². The normalized spacial score (nSPS) is 18.2. The van der Waals surface area contributed by atoms with E-state index >= 15 is 0 Å². The van der Waals surface area contributed by atoms with Gasteiger partial charge in [0.15, 0.2) is 5.96 Å². The fourth-order valence-corrected chi connectivity index (χ4v) is 2.83. The summed E-state index contributed by atoms with van der Waals surface area (Å²) in [7, 11) is 0. The number of amides is 1. The second kappa shape index (κ2) is 8.67. The molecule has 2 fully saturated rings. The maximum atomic E-state index is 12.1. The van der Waals surface area contributed by atoms with Crippen LogP contribution in [0.15, 0.2) is 23.3 Å². The third-order valence-corrected chi connectivity index (χ3v) is 4.64. The SMILES string of the molecule is CC(C)(C)OC(=O)N1CCN(C(N)=NCc2ccnc(OCC3CC3)c2)CC1. The highest BCUT2D eigenvalue weighted by Gasteiger charge is 2.26. The van der Waals surface area contributed by atoms with Crippen LogP contribution in [0.1, 0.15) is 39.2 Å². The number of aliphatic imine (C=N–C) groups is 1. The van der Waals surface area contributed by atoms with Crippen LogP contribution in [0.2, 0.25) is 0 Å². The first-order valence-electron chi connectivity index (χ1n) is 9.91. The minimum atomic E-state index is -0.486. The van der Waals surface area contributed by atoms with Crippen LogP contribution >= 0.6 is 0 Å². The molecule has 8 heteroatoms. The molecule has 0 atom stereocenters. The monoisotopic (exact) mass is 389 g/mol. The topological polar surface area (TPSA) is 93.3 Å². The Morgan fingerprint density at radius 3 is 2.57 bits per heavy atom. The number of carbonyl (C=O) groups is 1. The van der Waals surface area contributed by atoms with Crippen LogP contribution in [0.25, 0.3) is 0 Å². The molecule has 0 aromatic carbocycles. The summed E-state index contributed by atoms with van der Waals surface area (Å²) in [6, 6.07) is 3.83. The maximum Gasteiger partial charge on any atom is 0.410 e. The first-order chi connectivity index (χ1) is 13.3. The number of rotatable bonds is 5. The second-order valence-electron chi connectivity index (χ2n) is 8.39. The molecule has 154 valence electrons. The Hall–Kier alpha value is -2.51. The lowest BCUT2D eigenvalue weighted by Crippen LogP contribution is -2.53. The van der Waals surface area contributed by atoms with Gasteiger partial charge in [-0.15, -0.1) is 0 Å². The summed E-state index contributed by atoms with van der Waals surface area (Å²) >= 11 is 0. The van der Waals surface area contributed by atoms with Crippen LogP contribution < -0.4 is 10.5 Å². The Labute approximate surface area is 166 Å². The van der Waals surface area contributed by atoms with Crippen molar-refractivity contribution >= 4 is 12.1 Å². The summed E-state index contributed by atoms with van der Waals surface area (Å²) in [6.45, 7) is 9.23. The summed E-state index contributed by atoms with van der Waals surface area (Å²) in [5, 5.41) is 0. The van der Waals surface area contributed by atoms with Gasteiger partial charge in [-0.1, -0.05) is 0 Å². The summed E-state index contributed by atoms with van der Waals surface area (Å²) in [6.07, 6.45) is 3.96. The van der Waals surface area contributed by atoms with Gasteiger partial charge < -0.3 is 25.0 Å². The Bertz CT molecular complexity index is 704. The lowest BCUT2D eigenvalue weighted by atomic mass is 10.2. The molecule has 0 spiro atoms. The molecule has 1 aliphatic carbocycles. The van der Waals surface area contributed by atoms with Crippen molar-refractivity contribution in [1.82, 2.24) is 14.8 Å². The summed E-state index contributed by atoms with van der Waals surface area (Å²) in [4.78, 5) is 24.6. The van der Waals surface area contributed by atoms with E-state index in [1.165, 1.54) is 12.8 Å². The van der Waals surface area contributed by atoms with Crippen molar-refractivity contribution in [2.75, 3.05) is 32.8 Å².